The van der Waals surface area contributed by atoms with Gasteiger partial charge in [0.15, 0.2) is 5.84 Å². The molecule has 1 N–H and O–H groups in total. The van der Waals surface area contributed by atoms with Gasteiger partial charge in [0.2, 0.25) is 0 Å². The zero-order valence-corrected chi connectivity index (χ0v) is 19.4. The minimum Gasteiger partial charge on any atom is -0.495 e. The third-order valence-electron chi connectivity index (χ3n) is 6.40. The zero-order valence-electron chi connectivity index (χ0n) is 19.4. The second-order valence-corrected chi connectivity index (χ2v) is 8.66. The van der Waals surface area contributed by atoms with Gasteiger partial charge < -0.3 is 24.1 Å². The van der Waals surface area contributed by atoms with Crippen LogP contribution in [-0.4, -0.2) is 45.2 Å². The third-order valence-corrected chi connectivity index (χ3v) is 6.40. The van der Waals surface area contributed by atoms with Crippen molar-refractivity contribution in [1.82, 2.24) is 14.5 Å². The molecule has 1 saturated heterocycles. The number of benzene rings is 2. The number of hydrogen-bond donors (Lipinski definition) is 1. The Morgan fingerprint density at radius 3 is 2.71 bits per heavy atom. The number of rotatable bonds is 5. The third kappa shape index (κ3) is 3.64. The van der Waals surface area contributed by atoms with Crippen molar-refractivity contribution in [1.29, 1.82) is 0 Å². The summed E-state index contributed by atoms with van der Waals surface area (Å²) >= 11 is 0. The predicted molar refractivity (Wildman–Crippen MR) is 127 cm³/mol. The fraction of sp³-hybridized carbons (Fsp3) is 0.308. The van der Waals surface area contributed by atoms with Crippen LogP contribution in [0.1, 0.15) is 36.6 Å². The molecule has 0 unspecified atom stereocenters. The molecule has 2 aliphatic heterocycles. The molecule has 2 aromatic carbocycles. The summed E-state index contributed by atoms with van der Waals surface area (Å²) in [5.74, 6) is 1.07. The highest BCUT2D eigenvalue weighted by molar-refractivity contribution is 6.03. The lowest BCUT2D eigenvalue weighted by Gasteiger charge is -2.41. The van der Waals surface area contributed by atoms with Crippen molar-refractivity contribution in [2.75, 3.05) is 13.7 Å². The fourth-order valence-electron chi connectivity index (χ4n) is 4.74. The van der Waals surface area contributed by atoms with Crippen LogP contribution in [0.3, 0.4) is 0 Å². The Hall–Kier alpha value is -3.65. The van der Waals surface area contributed by atoms with Crippen molar-refractivity contribution >= 4 is 11.9 Å². The van der Waals surface area contributed by atoms with E-state index in [0.29, 0.717) is 17.9 Å². The van der Waals surface area contributed by atoms with Crippen LogP contribution in [0.25, 0.3) is 11.8 Å². The number of ether oxygens (including phenoxy) is 1. The van der Waals surface area contributed by atoms with Crippen LogP contribution in [0.15, 0.2) is 65.7 Å². The first kappa shape index (κ1) is 22.2. The molecule has 1 aromatic heterocycles. The summed E-state index contributed by atoms with van der Waals surface area (Å²) in [5, 5.41) is 15.2. The van der Waals surface area contributed by atoms with Crippen LogP contribution in [0.2, 0.25) is 0 Å². The summed E-state index contributed by atoms with van der Waals surface area (Å²) in [6, 6.07) is 12.0. The van der Waals surface area contributed by atoms with E-state index >= 15 is 0 Å². The quantitative estimate of drug-likeness (QED) is 0.609. The molecule has 3 heterocycles. The number of methoxy groups -OCH3 is 1. The first-order valence-electron chi connectivity index (χ1n) is 11.3. The number of amidine groups is 1. The maximum absolute atomic E-state index is 13.6. The lowest BCUT2D eigenvalue weighted by atomic mass is 9.91. The highest BCUT2D eigenvalue weighted by Gasteiger charge is 2.53. The Morgan fingerprint density at radius 2 is 2.03 bits per heavy atom. The van der Waals surface area contributed by atoms with Crippen LogP contribution in [0.4, 0.5) is 4.39 Å². The van der Waals surface area contributed by atoms with E-state index in [0.717, 1.165) is 41.1 Å². The van der Waals surface area contributed by atoms with E-state index in [2.05, 4.69) is 16.2 Å². The predicted octanol–water partition coefficient (Wildman–Crippen LogP) is 4.39. The monoisotopic (exact) mass is 462 g/mol. The number of piperidine rings is 1. The molecule has 0 spiro atoms. The van der Waals surface area contributed by atoms with Crippen molar-refractivity contribution in [3.05, 3.63) is 83.2 Å². The standard InChI is InChI=1S/C26H27FN4O3/c1-17-15-30(16-28-17)23-11-6-19(14-24(23)33-3)13-20-5-4-12-31-25(20)29-34-26(31,18(2)32)21-7-9-22(27)10-8-21/h6-11,13-16,18,32H,4-5,12H2,1-3H3/b20-13+/t18-,26-/m1/s1. The molecule has 0 bridgehead atoms. The first-order chi connectivity index (χ1) is 16.4. The average Bonchev–Trinajstić information content (AvgIpc) is 3.44. The first-order valence-corrected chi connectivity index (χ1v) is 11.3. The molecule has 0 aliphatic carbocycles. The van der Waals surface area contributed by atoms with Gasteiger partial charge in [0.05, 0.1) is 24.8 Å². The minimum atomic E-state index is -1.19. The van der Waals surface area contributed by atoms with E-state index in [9.17, 15) is 9.50 Å². The van der Waals surface area contributed by atoms with Gasteiger partial charge >= 0.3 is 0 Å². The van der Waals surface area contributed by atoms with Gasteiger partial charge in [-0.2, -0.15) is 0 Å². The van der Waals surface area contributed by atoms with Gasteiger partial charge in [-0.05, 0) is 80.3 Å². The van der Waals surface area contributed by atoms with Crippen molar-refractivity contribution in [3.8, 4) is 11.4 Å². The van der Waals surface area contributed by atoms with Gasteiger partial charge in [-0.1, -0.05) is 11.2 Å². The normalized spacial score (nSPS) is 21.7. The fourth-order valence-corrected chi connectivity index (χ4v) is 4.74. The van der Waals surface area contributed by atoms with E-state index in [1.165, 1.54) is 12.1 Å². The minimum absolute atomic E-state index is 0.342. The van der Waals surface area contributed by atoms with Crippen LogP contribution < -0.4 is 4.74 Å². The smallest absolute Gasteiger partial charge is 0.262 e. The summed E-state index contributed by atoms with van der Waals surface area (Å²) in [5.41, 5.74) is 3.27. The Labute approximate surface area is 197 Å². The highest BCUT2D eigenvalue weighted by atomic mass is 19.1. The lowest BCUT2D eigenvalue weighted by molar-refractivity contribution is -0.173. The molecular formula is C26H27FN4O3. The molecule has 176 valence electrons. The number of imidazole rings is 1. The lowest BCUT2D eigenvalue weighted by Crippen LogP contribution is -2.54. The molecule has 5 rings (SSSR count). The summed E-state index contributed by atoms with van der Waals surface area (Å²) < 4.78 is 21.1. The van der Waals surface area contributed by atoms with Crippen molar-refractivity contribution in [2.24, 2.45) is 5.16 Å². The topological polar surface area (TPSA) is 72.1 Å². The Bertz CT molecular complexity index is 1270. The molecule has 8 heteroatoms. The van der Waals surface area contributed by atoms with Crippen molar-refractivity contribution < 1.29 is 19.1 Å². The molecule has 0 saturated carbocycles. The van der Waals surface area contributed by atoms with E-state index < -0.39 is 11.8 Å². The second-order valence-electron chi connectivity index (χ2n) is 8.66. The Balaban J connectivity index is 1.49. The summed E-state index contributed by atoms with van der Waals surface area (Å²) in [6.07, 6.45) is 6.58. The number of nitrogens with zero attached hydrogens (tertiary/aromatic N) is 4. The largest absolute Gasteiger partial charge is 0.495 e. The summed E-state index contributed by atoms with van der Waals surface area (Å²) in [6.45, 7) is 4.28. The maximum atomic E-state index is 13.6. The molecule has 1 fully saturated rings. The molecule has 7 nitrogen and oxygen atoms in total. The summed E-state index contributed by atoms with van der Waals surface area (Å²) in [7, 11) is 1.65. The Kier molecular flexibility index (Phi) is 5.61. The second kappa shape index (κ2) is 8.61. The number of fused-ring (bicyclic) bond motifs is 1. The summed E-state index contributed by atoms with van der Waals surface area (Å²) in [4.78, 5) is 12.2. The van der Waals surface area contributed by atoms with Gasteiger partial charge in [0.1, 0.15) is 17.7 Å². The van der Waals surface area contributed by atoms with E-state index in [1.807, 2.05) is 40.8 Å². The number of hydrogen-bond acceptors (Lipinski definition) is 6. The average molecular weight is 463 g/mol. The van der Waals surface area contributed by atoms with Gasteiger partial charge in [0.25, 0.3) is 5.72 Å². The van der Waals surface area contributed by atoms with Gasteiger partial charge in [-0.3, -0.25) is 0 Å². The van der Waals surface area contributed by atoms with Crippen LogP contribution in [0, 0.1) is 12.7 Å². The molecule has 3 aromatic rings. The van der Waals surface area contributed by atoms with Crippen LogP contribution in [-0.2, 0) is 10.6 Å². The van der Waals surface area contributed by atoms with E-state index in [1.54, 1.807) is 32.5 Å². The number of halogens is 1. The molecule has 0 amide bonds. The van der Waals surface area contributed by atoms with Gasteiger partial charge in [0, 0.05) is 18.3 Å². The maximum Gasteiger partial charge on any atom is 0.262 e. The SMILES string of the molecule is COc1cc(/C=C2\CCCN3C2=NO[C@@]3(c2ccc(F)cc2)[C@@H](C)O)ccc1-n1cnc(C)c1. The number of aliphatic hydroxyl groups excluding tert-OH is 1. The zero-order chi connectivity index (χ0) is 23.9. The number of aliphatic hydroxyl groups is 1. The van der Waals surface area contributed by atoms with Gasteiger partial charge in [-0.15, -0.1) is 0 Å². The molecule has 2 atom stereocenters. The van der Waals surface area contributed by atoms with Crippen molar-refractivity contribution in [2.45, 2.75) is 38.5 Å². The highest BCUT2D eigenvalue weighted by Crippen LogP contribution is 2.43. The van der Waals surface area contributed by atoms with Crippen LogP contribution in [0.5, 0.6) is 5.75 Å². The van der Waals surface area contributed by atoms with Crippen LogP contribution >= 0.6 is 0 Å². The molecule has 2 aliphatic rings. The molecular weight excluding hydrogens is 435 g/mol. The molecule has 0 radical (unpaired) electrons. The van der Waals surface area contributed by atoms with E-state index in [4.69, 9.17) is 9.57 Å². The van der Waals surface area contributed by atoms with Gasteiger partial charge in [-0.25, -0.2) is 9.37 Å². The van der Waals surface area contributed by atoms with E-state index in [-0.39, 0.29) is 5.82 Å². The number of oxime groups is 1. The number of aromatic nitrogens is 2. The molecule has 34 heavy (non-hydrogen) atoms. The Morgan fingerprint density at radius 1 is 1.24 bits per heavy atom. The number of aryl methyl sites for hydroxylation is 1. The van der Waals surface area contributed by atoms with Crippen molar-refractivity contribution in [3.63, 3.8) is 0 Å².